The Bertz CT molecular complexity index is 732. The van der Waals surface area contributed by atoms with Crippen LogP contribution in [0.2, 0.25) is 0 Å². The minimum Gasteiger partial charge on any atom is -0.497 e. The molecule has 3 rings (SSSR count). The van der Waals surface area contributed by atoms with Crippen LogP contribution in [-0.4, -0.2) is 38.1 Å². The Balaban J connectivity index is 1.45. The number of hydrogen-bond acceptors (Lipinski definition) is 3. The van der Waals surface area contributed by atoms with Crippen molar-refractivity contribution < 1.29 is 14.3 Å². The van der Waals surface area contributed by atoms with Gasteiger partial charge in [-0.05, 0) is 54.3 Å². The average molecular weight is 404 g/mol. The molecule has 1 aliphatic carbocycles. The number of hydrogen-bond donors (Lipinski definition) is 0. The summed E-state index contributed by atoms with van der Waals surface area (Å²) in [5, 5.41) is 0. The van der Waals surface area contributed by atoms with E-state index in [1.165, 1.54) is 5.56 Å². The van der Waals surface area contributed by atoms with E-state index in [-0.39, 0.29) is 11.8 Å². The van der Waals surface area contributed by atoms with Crippen LogP contribution in [0.3, 0.4) is 0 Å². The highest BCUT2D eigenvalue weighted by atomic mass is 79.9. The van der Waals surface area contributed by atoms with Gasteiger partial charge in [0, 0.05) is 17.4 Å². The lowest BCUT2D eigenvalue weighted by Crippen LogP contribution is -2.32. The van der Waals surface area contributed by atoms with Crippen molar-refractivity contribution in [2.75, 3.05) is 27.3 Å². The molecule has 2 unspecified atom stereocenters. The molecule has 0 aliphatic heterocycles. The zero-order chi connectivity index (χ0) is 17.8. The molecule has 4 nitrogen and oxygen atoms in total. The minimum atomic E-state index is 0.0975. The Morgan fingerprint density at radius 1 is 1.20 bits per heavy atom. The predicted molar refractivity (Wildman–Crippen MR) is 101 cm³/mol. The van der Waals surface area contributed by atoms with Crippen molar-refractivity contribution in [3.8, 4) is 11.5 Å². The number of rotatable bonds is 7. The van der Waals surface area contributed by atoms with Gasteiger partial charge in [-0.25, -0.2) is 0 Å². The standard InChI is InChI=1S/C20H22BrNO3/c1-22(10-11-25-17-8-6-16(24-2)7-9-17)20(23)19-13-18(19)14-4-3-5-15(21)12-14/h3-9,12,18-19H,10-11,13H2,1-2H3. The summed E-state index contributed by atoms with van der Waals surface area (Å²) >= 11 is 3.49. The van der Waals surface area contributed by atoms with E-state index in [0.717, 1.165) is 22.4 Å². The molecule has 25 heavy (non-hydrogen) atoms. The summed E-state index contributed by atoms with van der Waals surface area (Å²) in [4.78, 5) is 14.3. The predicted octanol–water partition coefficient (Wildman–Crippen LogP) is 4.10. The highest BCUT2D eigenvalue weighted by Crippen LogP contribution is 2.48. The third-order valence-corrected chi connectivity index (χ3v) is 5.01. The van der Waals surface area contributed by atoms with Crippen LogP contribution in [0.4, 0.5) is 0 Å². The summed E-state index contributed by atoms with van der Waals surface area (Å²) in [7, 11) is 3.48. The molecule has 0 heterocycles. The van der Waals surface area contributed by atoms with Gasteiger partial charge in [-0.3, -0.25) is 4.79 Å². The molecule has 0 saturated heterocycles. The maximum absolute atomic E-state index is 12.5. The quantitative estimate of drug-likeness (QED) is 0.698. The minimum absolute atomic E-state index is 0.0975. The van der Waals surface area contributed by atoms with E-state index in [0.29, 0.717) is 19.1 Å². The number of methoxy groups -OCH3 is 1. The largest absolute Gasteiger partial charge is 0.497 e. The van der Waals surface area contributed by atoms with Crippen LogP contribution in [0.15, 0.2) is 53.0 Å². The van der Waals surface area contributed by atoms with Crippen molar-refractivity contribution >= 4 is 21.8 Å². The number of benzene rings is 2. The third-order valence-electron chi connectivity index (χ3n) is 4.52. The van der Waals surface area contributed by atoms with Crippen LogP contribution in [0, 0.1) is 5.92 Å². The first kappa shape index (κ1) is 17.8. The summed E-state index contributed by atoms with van der Waals surface area (Å²) in [6, 6.07) is 15.7. The Labute approximate surface area is 156 Å². The lowest BCUT2D eigenvalue weighted by atomic mass is 10.1. The fourth-order valence-electron chi connectivity index (χ4n) is 2.94. The van der Waals surface area contributed by atoms with Crippen LogP contribution in [0.5, 0.6) is 11.5 Å². The van der Waals surface area contributed by atoms with Gasteiger partial charge in [0.1, 0.15) is 18.1 Å². The van der Waals surface area contributed by atoms with E-state index in [1.54, 1.807) is 12.0 Å². The van der Waals surface area contributed by atoms with Gasteiger partial charge in [-0.2, -0.15) is 0 Å². The zero-order valence-electron chi connectivity index (χ0n) is 14.4. The second kappa shape index (κ2) is 7.91. The molecule has 2 atom stereocenters. The Hall–Kier alpha value is -2.01. The first-order valence-electron chi connectivity index (χ1n) is 8.36. The van der Waals surface area contributed by atoms with E-state index in [1.807, 2.05) is 43.4 Å². The smallest absolute Gasteiger partial charge is 0.226 e. The number of ether oxygens (including phenoxy) is 2. The van der Waals surface area contributed by atoms with Gasteiger partial charge in [0.2, 0.25) is 5.91 Å². The highest BCUT2D eigenvalue weighted by Gasteiger charge is 2.45. The van der Waals surface area contributed by atoms with Crippen molar-refractivity contribution in [3.63, 3.8) is 0 Å². The molecule has 2 aromatic rings. The number of carbonyl (C=O) groups is 1. The Morgan fingerprint density at radius 3 is 2.60 bits per heavy atom. The second-order valence-electron chi connectivity index (χ2n) is 6.29. The maximum Gasteiger partial charge on any atom is 0.226 e. The van der Waals surface area contributed by atoms with Gasteiger partial charge in [-0.1, -0.05) is 28.1 Å². The molecule has 0 N–H and O–H groups in total. The van der Waals surface area contributed by atoms with Crippen LogP contribution in [0.25, 0.3) is 0 Å². The molecular formula is C20H22BrNO3. The SMILES string of the molecule is COc1ccc(OCCN(C)C(=O)C2CC2c2cccc(Br)c2)cc1. The lowest BCUT2D eigenvalue weighted by Gasteiger charge is -2.18. The van der Waals surface area contributed by atoms with Crippen molar-refractivity contribution in [1.82, 2.24) is 4.90 Å². The van der Waals surface area contributed by atoms with Crippen molar-refractivity contribution in [2.45, 2.75) is 12.3 Å². The highest BCUT2D eigenvalue weighted by molar-refractivity contribution is 9.10. The summed E-state index contributed by atoms with van der Waals surface area (Å²) in [6.07, 6.45) is 0.930. The summed E-state index contributed by atoms with van der Waals surface area (Å²) in [6.45, 7) is 1.05. The van der Waals surface area contributed by atoms with E-state index < -0.39 is 0 Å². The number of halogens is 1. The van der Waals surface area contributed by atoms with Gasteiger partial charge in [0.15, 0.2) is 0 Å². The average Bonchev–Trinajstić information content (AvgIpc) is 3.42. The normalized spacial score (nSPS) is 18.5. The van der Waals surface area contributed by atoms with Crippen LogP contribution >= 0.6 is 15.9 Å². The van der Waals surface area contributed by atoms with E-state index in [9.17, 15) is 4.79 Å². The topological polar surface area (TPSA) is 38.8 Å². The molecule has 2 aromatic carbocycles. The lowest BCUT2D eigenvalue weighted by molar-refractivity contribution is -0.131. The molecule has 1 saturated carbocycles. The van der Waals surface area contributed by atoms with Gasteiger partial charge in [0.05, 0.1) is 13.7 Å². The summed E-state index contributed by atoms with van der Waals surface area (Å²) in [5.41, 5.74) is 1.23. The second-order valence-corrected chi connectivity index (χ2v) is 7.20. The number of likely N-dealkylation sites (N-methyl/N-ethyl adjacent to an activating group) is 1. The van der Waals surface area contributed by atoms with Crippen LogP contribution < -0.4 is 9.47 Å². The monoisotopic (exact) mass is 403 g/mol. The molecule has 1 fully saturated rings. The van der Waals surface area contributed by atoms with E-state index in [2.05, 4.69) is 28.1 Å². The van der Waals surface area contributed by atoms with Gasteiger partial charge in [-0.15, -0.1) is 0 Å². The van der Waals surface area contributed by atoms with Gasteiger partial charge >= 0.3 is 0 Å². The molecule has 0 spiro atoms. The number of nitrogens with zero attached hydrogens (tertiary/aromatic N) is 1. The third kappa shape index (κ3) is 4.54. The maximum atomic E-state index is 12.5. The van der Waals surface area contributed by atoms with Gasteiger partial charge < -0.3 is 14.4 Å². The molecule has 132 valence electrons. The summed E-state index contributed by atoms with van der Waals surface area (Å²) in [5.74, 6) is 2.21. The fourth-order valence-corrected chi connectivity index (χ4v) is 3.36. The zero-order valence-corrected chi connectivity index (χ0v) is 16.0. The molecule has 0 bridgehead atoms. The molecule has 0 aromatic heterocycles. The Kier molecular flexibility index (Phi) is 5.63. The van der Waals surface area contributed by atoms with E-state index >= 15 is 0 Å². The van der Waals surface area contributed by atoms with E-state index in [4.69, 9.17) is 9.47 Å². The van der Waals surface area contributed by atoms with Crippen LogP contribution in [-0.2, 0) is 4.79 Å². The molecule has 0 radical (unpaired) electrons. The molecule has 1 aliphatic rings. The van der Waals surface area contributed by atoms with Crippen LogP contribution in [0.1, 0.15) is 17.9 Å². The van der Waals surface area contributed by atoms with Crippen molar-refractivity contribution in [3.05, 3.63) is 58.6 Å². The number of carbonyl (C=O) groups excluding carboxylic acids is 1. The molecular weight excluding hydrogens is 382 g/mol. The Morgan fingerprint density at radius 2 is 1.92 bits per heavy atom. The fraction of sp³-hybridized carbons (Fsp3) is 0.350. The van der Waals surface area contributed by atoms with Gasteiger partial charge in [0.25, 0.3) is 0 Å². The molecule has 1 amide bonds. The summed E-state index contributed by atoms with van der Waals surface area (Å²) < 4.78 is 11.9. The first-order valence-corrected chi connectivity index (χ1v) is 9.15. The van der Waals surface area contributed by atoms with Crippen molar-refractivity contribution in [2.24, 2.45) is 5.92 Å². The number of amides is 1. The first-order chi connectivity index (χ1) is 12.1. The molecule has 5 heteroatoms. The van der Waals surface area contributed by atoms with Crippen molar-refractivity contribution in [1.29, 1.82) is 0 Å².